The Morgan fingerprint density at radius 3 is 2.45 bits per heavy atom. The largest absolute Gasteiger partial charge is 0.387 e. The van der Waals surface area contributed by atoms with Crippen LogP contribution < -0.4 is 0 Å². The number of likely N-dealkylation sites (N-methyl/N-ethyl adjacent to an activating group) is 1. The summed E-state index contributed by atoms with van der Waals surface area (Å²) in [5.41, 5.74) is 1.49. The number of unbranched alkanes of at least 4 members (excludes halogenated alkanes) is 1. The average molecular weight is 276 g/mol. The maximum Gasteiger partial charge on any atom is 0.105 e. The Balaban J connectivity index is 1.83. The van der Waals surface area contributed by atoms with Crippen molar-refractivity contribution in [1.82, 2.24) is 0 Å². The van der Waals surface area contributed by atoms with Gasteiger partial charge in [0.25, 0.3) is 0 Å². The zero-order chi connectivity index (χ0) is 14.4. The molecule has 1 aliphatic heterocycles. The van der Waals surface area contributed by atoms with Crippen LogP contribution in [0.5, 0.6) is 0 Å². The van der Waals surface area contributed by atoms with Gasteiger partial charge < -0.3 is 9.59 Å². The molecule has 2 heteroatoms. The van der Waals surface area contributed by atoms with E-state index in [1.807, 2.05) is 0 Å². The van der Waals surface area contributed by atoms with Gasteiger partial charge in [0.15, 0.2) is 0 Å². The molecule has 1 aromatic rings. The Bertz CT molecular complexity index is 382. The van der Waals surface area contributed by atoms with Gasteiger partial charge >= 0.3 is 0 Å². The van der Waals surface area contributed by atoms with Crippen LogP contribution in [-0.2, 0) is 0 Å². The van der Waals surface area contributed by atoms with Crippen LogP contribution in [0, 0.1) is 0 Å². The monoisotopic (exact) mass is 276 g/mol. The van der Waals surface area contributed by atoms with Crippen molar-refractivity contribution < 1.29 is 9.59 Å². The minimum absolute atomic E-state index is 0.117. The normalized spacial score (nSPS) is 28.2. The van der Waals surface area contributed by atoms with Gasteiger partial charge in [0.2, 0.25) is 0 Å². The number of likely N-dealkylation sites (tertiary alicyclic amines) is 1. The third-order valence-electron chi connectivity index (χ3n) is 4.85. The molecule has 0 saturated carbocycles. The molecule has 1 saturated heterocycles. The number of benzene rings is 1. The first kappa shape index (κ1) is 15.5. The molecule has 0 radical (unpaired) electrons. The summed E-state index contributed by atoms with van der Waals surface area (Å²) in [4.78, 5) is 0. The van der Waals surface area contributed by atoms with Gasteiger partial charge in [0, 0.05) is 12.8 Å². The zero-order valence-electron chi connectivity index (χ0n) is 13.1. The Kier molecular flexibility index (Phi) is 5.62. The lowest BCUT2D eigenvalue weighted by molar-refractivity contribution is -0.917. The van der Waals surface area contributed by atoms with Crippen LogP contribution in [0.3, 0.4) is 0 Å². The lowest BCUT2D eigenvalue weighted by atomic mass is 9.88. The smallest absolute Gasteiger partial charge is 0.105 e. The summed E-state index contributed by atoms with van der Waals surface area (Å²) in [5.74, 6) is 0.718. The van der Waals surface area contributed by atoms with Gasteiger partial charge in [-0.1, -0.05) is 50.1 Å². The molecule has 1 heterocycles. The van der Waals surface area contributed by atoms with E-state index < -0.39 is 0 Å². The second kappa shape index (κ2) is 7.24. The molecule has 0 spiro atoms. The standard InChI is InChI=1S/C18H30NO/c1-3-4-10-18(20)15-19(2)13-11-17(12-14-19)16-8-6-5-7-9-16/h5-9,17-18,20H,3-4,10-15H2,1-2H3/q+1. The van der Waals surface area contributed by atoms with Crippen molar-refractivity contribution in [2.75, 3.05) is 26.7 Å². The highest BCUT2D eigenvalue weighted by molar-refractivity contribution is 5.19. The lowest BCUT2D eigenvalue weighted by Crippen LogP contribution is -2.53. The predicted molar refractivity (Wildman–Crippen MR) is 84.7 cm³/mol. The van der Waals surface area contributed by atoms with E-state index in [1.54, 1.807) is 0 Å². The summed E-state index contributed by atoms with van der Waals surface area (Å²) in [6.45, 7) is 5.52. The van der Waals surface area contributed by atoms with Crippen LogP contribution in [0.25, 0.3) is 0 Å². The number of hydrogen-bond donors (Lipinski definition) is 1. The van der Waals surface area contributed by atoms with Crippen molar-refractivity contribution in [3.05, 3.63) is 35.9 Å². The first-order chi connectivity index (χ1) is 9.63. The number of rotatable bonds is 6. The van der Waals surface area contributed by atoms with E-state index >= 15 is 0 Å². The molecular formula is C18H30NO+. The second-order valence-electron chi connectivity index (χ2n) is 6.73. The van der Waals surface area contributed by atoms with Crippen LogP contribution in [0.15, 0.2) is 30.3 Å². The molecule has 20 heavy (non-hydrogen) atoms. The van der Waals surface area contributed by atoms with Gasteiger partial charge in [0.05, 0.1) is 20.1 Å². The first-order valence-electron chi connectivity index (χ1n) is 8.19. The summed E-state index contributed by atoms with van der Waals surface area (Å²) in [7, 11) is 2.32. The molecule has 1 atom stereocenters. The fraction of sp³-hybridized carbons (Fsp3) is 0.667. The van der Waals surface area contributed by atoms with E-state index in [0.717, 1.165) is 29.8 Å². The molecule has 1 N–H and O–H groups in total. The Morgan fingerprint density at radius 1 is 1.20 bits per heavy atom. The highest BCUT2D eigenvalue weighted by Crippen LogP contribution is 2.30. The van der Waals surface area contributed by atoms with Gasteiger partial charge in [-0.15, -0.1) is 0 Å². The Hall–Kier alpha value is -0.860. The molecule has 1 unspecified atom stereocenters. The number of aliphatic hydroxyl groups excluding tert-OH is 1. The summed E-state index contributed by atoms with van der Waals surface area (Å²) in [5, 5.41) is 10.2. The molecule has 0 bridgehead atoms. The third-order valence-corrected chi connectivity index (χ3v) is 4.85. The van der Waals surface area contributed by atoms with E-state index in [4.69, 9.17) is 0 Å². The lowest BCUT2D eigenvalue weighted by Gasteiger charge is -2.42. The van der Waals surface area contributed by atoms with E-state index in [2.05, 4.69) is 44.3 Å². The topological polar surface area (TPSA) is 20.2 Å². The summed E-state index contributed by atoms with van der Waals surface area (Å²) in [6, 6.07) is 10.9. The fourth-order valence-corrected chi connectivity index (χ4v) is 3.47. The second-order valence-corrected chi connectivity index (χ2v) is 6.73. The minimum atomic E-state index is -0.117. The van der Waals surface area contributed by atoms with Crippen molar-refractivity contribution in [1.29, 1.82) is 0 Å². The van der Waals surface area contributed by atoms with Gasteiger partial charge in [-0.25, -0.2) is 0 Å². The fourth-order valence-electron chi connectivity index (χ4n) is 3.47. The van der Waals surface area contributed by atoms with Crippen LogP contribution in [0.1, 0.15) is 50.5 Å². The number of nitrogens with zero attached hydrogens (tertiary/aromatic N) is 1. The summed E-state index contributed by atoms with van der Waals surface area (Å²) in [6.07, 6.45) is 5.67. The van der Waals surface area contributed by atoms with Crippen LogP contribution in [0.4, 0.5) is 0 Å². The first-order valence-corrected chi connectivity index (χ1v) is 8.19. The third kappa shape index (κ3) is 4.32. The molecular weight excluding hydrogens is 246 g/mol. The molecule has 2 nitrogen and oxygen atoms in total. The van der Waals surface area contributed by atoms with Gasteiger partial charge in [-0.2, -0.15) is 0 Å². The highest BCUT2D eigenvalue weighted by atomic mass is 16.3. The average Bonchev–Trinajstić information content (AvgIpc) is 2.46. The summed E-state index contributed by atoms with van der Waals surface area (Å²) < 4.78 is 1.05. The van der Waals surface area contributed by atoms with E-state index in [-0.39, 0.29) is 6.10 Å². The Morgan fingerprint density at radius 2 is 1.85 bits per heavy atom. The Labute approximate surface area is 124 Å². The molecule has 0 aliphatic carbocycles. The maximum absolute atomic E-state index is 10.2. The van der Waals surface area contributed by atoms with Crippen molar-refractivity contribution in [2.24, 2.45) is 0 Å². The quantitative estimate of drug-likeness (QED) is 0.788. The molecule has 1 aromatic carbocycles. The zero-order valence-corrected chi connectivity index (χ0v) is 13.1. The van der Waals surface area contributed by atoms with Crippen molar-refractivity contribution in [2.45, 2.75) is 51.0 Å². The van der Waals surface area contributed by atoms with E-state index in [9.17, 15) is 5.11 Å². The number of hydrogen-bond acceptors (Lipinski definition) is 1. The molecule has 0 amide bonds. The van der Waals surface area contributed by atoms with Crippen molar-refractivity contribution >= 4 is 0 Å². The van der Waals surface area contributed by atoms with Gasteiger partial charge in [0.1, 0.15) is 12.6 Å². The van der Waals surface area contributed by atoms with Crippen molar-refractivity contribution in [3.8, 4) is 0 Å². The number of quaternary nitrogens is 1. The minimum Gasteiger partial charge on any atom is -0.387 e. The van der Waals surface area contributed by atoms with Gasteiger partial charge in [-0.3, -0.25) is 0 Å². The van der Waals surface area contributed by atoms with Gasteiger partial charge in [-0.05, 0) is 17.9 Å². The predicted octanol–water partition coefficient (Wildman–Crippen LogP) is 3.56. The molecule has 2 rings (SSSR count). The van der Waals surface area contributed by atoms with Crippen LogP contribution in [0.2, 0.25) is 0 Å². The molecule has 1 fully saturated rings. The van der Waals surface area contributed by atoms with Crippen molar-refractivity contribution in [3.63, 3.8) is 0 Å². The SMILES string of the molecule is CCCCC(O)C[N+]1(C)CCC(c2ccccc2)CC1. The van der Waals surface area contributed by atoms with E-state index in [0.29, 0.717) is 0 Å². The highest BCUT2D eigenvalue weighted by Gasteiger charge is 2.32. The maximum atomic E-state index is 10.2. The summed E-state index contributed by atoms with van der Waals surface area (Å²) >= 11 is 0. The number of aliphatic hydroxyl groups is 1. The van der Waals surface area contributed by atoms with Crippen LogP contribution in [-0.4, -0.2) is 42.4 Å². The molecule has 0 aromatic heterocycles. The molecule has 112 valence electrons. The van der Waals surface area contributed by atoms with Crippen LogP contribution >= 0.6 is 0 Å². The molecule has 1 aliphatic rings. The van der Waals surface area contributed by atoms with E-state index in [1.165, 1.54) is 37.9 Å². The number of piperidine rings is 1.